The molecule has 0 radical (unpaired) electrons. The summed E-state index contributed by atoms with van der Waals surface area (Å²) in [6, 6.07) is 7.22. The lowest BCUT2D eigenvalue weighted by atomic mass is 10.2. The molecule has 4 rings (SSSR count). The highest BCUT2D eigenvalue weighted by molar-refractivity contribution is 5.52. The van der Waals surface area contributed by atoms with Crippen molar-refractivity contribution in [2.24, 2.45) is 0 Å². The topological polar surface area (TPSA) is 117 Å². The molecule has 0 atom stereocenters. The Kier molecular flexibility index (Phi) is 4.19. The number of pyridine rings is 1. The van der Waals surface area contributed by atoms with Crippen molar-refractivity contribution in [3.05, 3.63) is 54.6 Å². The van der Waals surface area contributed by atoms with E-state index in [0.29, 0.717) is 42.0 Å². The van der Waals surface area contributed by atoms with E-state index in [1.807, 2.05) is 12.1 Å². The summed E-state index contributed by atoms with van der Waals surface area (Å²) < 4.78 is 10.5. The van der Waals surface area contributed by atoms with Gasteiger partial charge in [-0.1, -0.05) is 10.3 Å². The van der Waals surface area contributed by atoms with Crippen LogP contribution in [0.15, 0.2) is 51.9 Å². The summed E-state index contributed by atoms with van der Waals surface area (Å²) in [5, 5.41) is 15.6. The molecule has 0 unspecified atom stereocenters. The zero-order valence-electron chi connectivity index (χ0n) is 13.1. The maximum atomic E-state index is 5.27. The van der Waals surface area contributed by atoms with Crippen molar-refractivity contribution in [2.45, 2.75) is 19.3 Å². The first-order valence-electron chi connectivity index (χ1n) is 7.72. The van der Waals surface area contributed by atoms with Crippen LogP contribution < -0.4 is 0 Å². The lowest BCUT2D eigenvalue weighted by Crippen LogP contribution is -1.92. The molecule has 9 nitrogen and oxygen atoms in total. The highest BCUT2D eigenvalue weighted by Crippen LogP contribution is 2.16. The number of rotatable bonds is 6. The van der Waals surface area contributed by atoms with Crippen LogP contribution >= 0.6 is 0 Å². The van der Waals surface area contributed by atoms with Crippen molar-refractivity contribution in [2.75, 3.05) is 0 Å². The fourth-order valence-corrected chi connectivity index (χ4v) is 2.25. The van der Waals surface area contributed by atoms with E-state index in [-0.39, 0.29) is 0 Å². The van der Waals surface area contributed by atoms with E-state index < -0.39 is 0 Å². The molecular formula is C16H13N7O2. The van der Waals surface area contributed by atoms with Gasteiger partial charge in [0.2, 0.25) is 23.4 Å². The lowest BCUT2D eigenvalue weighted by molar-refractivity contribution is 0.360. The van der Waals surface area contributed by atoms with Crippen LogP contribution in [0, 0.1) is 0 Å². The van der Waals surface area contributed by atoms with Crippen LogP contribution in [0.1, 0.15) is 18.2 Å². The maximum absolute atomic E-state index is 5.27. The third kappa shape index (κ3) is 3.55. The van der Waals surface area contributed by atoms with Crippen LogP contribution in [0.2, 0.25) is 0 Å². The number of hydrogen-bond acceptors (Lipinski definition) is 9. The smallest absolute Gasteiger partial charge is 0.227 e. The number of aromatic nitrogens is 7. The van der Waals surface area contributed by atoms with Crippen molar-refractivity contribution < 1.29 is 9.05 Å². The van der Waals surface area contributed by atoms with Gasteiger partial charge in [0.25, 0.3) is 0 Å². The van der Waals surface area contributed by atoms with Crippen molar-refractivity contribution in [3.8, 4) is 22.9 Å². The zero-order valence-corrected chi connectivity index (χ0v) is 13.1. The Balaban J connectivity index is 1.34. The quantitative estimate of drug-likeness (QED) is 0.522. The molecule has 0 spiro atoms. The molecule has 0 fully saturated rings. The fraction of sp³-hybridized carbons (Fsp3) is 0.188. The summed E-state index contributed by atoms with van der Waals surface area (Å²) in [6.45, 7) is 0. The molecule has 0 aromatic carbocycles. The average molecular weight is 335 g/mol. The van der Waals surface area contributed by atoms with Crippen molar-refractivity contribution in [1.29, 1.82) is 0 Å². The minimum Gasteiger partial charge on any atom is -0.339 e. The zero-order chi connectivity index (χ0) is 16.9. The van der Waals surface area contributed by atoms with Gasteiger partial charge in [-0.05, 0) is 30.7 Å². The largest absolute Gasteiger partial charge is 0.339 e. The molecule has 0 N–H and O–H groups in total. The van der Waals surface area contributed by atoms with E-state index in [4.69, 9.17) is 9.05 Å². The molecule has 4 aromatic rings. The summed E-state index contributed by atoms with van der Waals surface area (Å²) in [7, 11) is 0. The molecule has 4 aromatic heterocycles. The van der Waals surface area contributed by atoms with Gasteiger partial charge in [-0.15, -0.1) is 5.10 Å². The monoisotopic (exact) mass is 335 g/mol. The summed E-state index contributed by atoms with van der Waals surface area (Å²) >= 11 is 0. The predicted octanol–water partition coefficient (Wildman–Crippen LogP) is 2.15. The van der Waals surface area contributed by atoms with Gasteiger partial charge < -0.3 is 9.05 Å². The molecule has 0 amide bonds. The van der Waals surface area contributed by atoms with Gasteiger partial charge >= 0.3 is 0 Å². The predicted molar refractivity (Wildman–Crippen MR) is 84.9 cm³/mol. The molecule has 124 valence electrons. The van der Waals surface area contributed by atoms with Gasteiger partial charge in [0.1, 0.15) is 5.69 Å². The number of nitrogens with zero attached hydrogens (tertiary/aromatic N) is 7. The van der Waals surface area contributed by atoms with Crippen LogP contribution in [0.4, 0.5) is 0 Å². The molecule has 4 heterocycles. The van der Waals surface area contributed by atoms with Crippen molar-refractivity contribution in [1.82, 2.24) is 35.5 Å². The number of hydrogen-bond donors (Lipinski definition) is 0. The first-order chi connectivity index (χ1) is 12.4. The molecule has 0 bridgehead atoms. The molecule has 0 aliphatic carbocycles. The Morgan fingerprint density at radius 1 is 0.800 bits per heavy atom. The lowest BCUT2D eigenvalue weighted by Gasteiger charge is -1.92. The summed E-state index contributed by atoms with van der Waals surface area (Å²) in [4.78, 5) is 12.7. The second-order valence-corrected chi connectivity index (χ2v) is 5.22. The van der Waals surface area contributed by atoms with Gasteiger partial charge in [-0.25, -0.2) is 0 Å². The normalized spacial score (nSPS) is 10.9. The second kappa shape index (κ2) is 6.95. The SMILES string of the molecule is c1cnnc(-c2noc(CCCc3nc(-c4ccncc4)no3)n2)c1. The first-order valence-corrected chi connectivity index (χ1v) is 7.72. The highest BCUT2D eigenvalue weighted by Gasteiger charge is 2.12. The first kappa shape index (κ1) is 15.1. The Morgan fingerprint density at radius 3 is 2.24 bits per heavy atom. The highest BCUT2D eigenvalue weighted by atomic mass is 16.5. The van der Waals surface area contributed by atoms with E-state index in [2.05, 4.69) is 35.5 Å². The van der Waals surface area contributed by atoms with Crippen molar-refractivity contribution >= 4 is 0 Å². The van der Waals surface area contributed by atoms with E-state index in [1.165, 1.54) is 0 Å². The van der Waals surface area contributed by atoms with Crippen molar-refractivity contribution in [3.63, 3.8) is 0 Å². The number of aryl methyl sites for hydroxylation is 2. The van der Waals surface area contributed by atoms with Gasteiger partial charge in [0, 0.05) is 37.0 Å². The minimum atomic E-state index is 0.431. The fourth-order valence-electron chi connectivity index (χ4n) is 2.25. The Morgan fingerprint density at radius 2 is 1.52 bits per heavy atom. The van der Waals surface area contributed by atoms with Gasteiger partial charge in [0.15, 0.2) is 0 Å². The van der Waals surface area contributed by atoms with E-state index in [9.17, 15) is 0 Å². The molecule has 0 aliphatic heterocycles. The standard InChI is InChI=1S/C16H13N7O2/c1(4-13-19-15(22-24-13)11-6-9-17-10-7-11)5-14-20-16(23-25-14)12-3-2-8-18-21-12/h2-3,6-10H,1,4-5H2. The van der Waals surface area contributed by atoms with Gasteiger partial charge in [-0.3, -0.25) is 4.98 Å². The van der Waals surface area contributed by atoms with Crippen LogP contribution in [0.3, 0.4) is 0 Å². The Bertz CT molecular complexity index is 860. The Labute approximate surface area is 142 Å². The van der Waals surface area contributed by atoms with Gasteiger partial charge in [-0.2, -0.15) is 15.1 Å². The van der Waals surface area contributed by atoms with E-state index in [1.54, 1.807) is 30.7 Å². The van der Waals surface area contributed by atoms with Crippen LogP contribution in [0.25, 0.3) is 22.9 Å². The maximum Gasteiger partial charge on any atom is 0.227 e. The van der Waals surface area contributed by atoms with E-state index >= 15 is 0 Å². The molecule has 0 saturated carbocycles. The third-order valence-electron chi connectivity index (χ3n) is 3.46. The molecule has 9 heteroatoms. The molecule has 25 heavy (non-hydrogen) atoms. The van der Waals surface area contributed by atoms with Crippen LogP contribution in [0.5, 0.6) is 0 Å². The van der Waals surface area contributed by atoms with E-state index in [0.717, 1.165) is 12.0 Å². The van der Waals surface area contributed by atoms with Crippen LogP contribution in [-0.2, 0) is 12.8 Å². The Hall–Kier alpha value is -3.49. The summed E-state index contributed by atoms with van der Waals surface area (Å²) in [5.74, 6) is 2.09. The molecule has 0 saturated heterocycles. The van der Waals surface area contributed by atoms with Gasteiger partial charge in [0.05, 0.1) is 0 Å². The van der Waals surface area contributed by atoms with Crippen LogP contribution in [-0.4, -0.2) is 35.5 Å². The summed E-state index contributed by atoms with van der Waals surface area (Å²) in [5.41, 5.74) is 1.45. The minimum absolute atomic E-state index is 0.431. The average Bonchev–Trinajstić information content (AvgIpc) is 3.33. The second-order valence-electron chi connectivity index (χ2n) is 5.22. The molecule has 0 aliphatic rings. The third-order valence-corrected chi connectivity index (χ3v) is 3.46. The summed E-state index contributed by atoms with van der Waals surface area (Å²) in [6.07, 6.45) is 6.96. The molecular weight excluding hydrogens is 322 g/mol.